The molecule has 0 saturated carbocycles. The fourth-order valence-corrected chi connectivity index (χ4v) is 4.21. The van der Waals surface area contributed by atoms with Gasteiger partial charge >= 0.3 is 0 Å². The van der Waals surface area contributed by atoms with Crippen molar-refractivity contribution in [1.29, 1.82) is 0 Å². The molecule has 142 valence electrons. The Hall–Kier alpha value is -2.90. The Labute approximate surface area is 156 Å². The van der Waals surface area contributed by atoms with Gasteiger partial charge < -0.3 is 19.8 Å². The molecule has 2 fully saturated rings. The third-order valence-electron chi connectivity index (χ3n) is 5.64. The van der Waals surface area contributed by atoms with E-state index in [-0.39, 0.29) is 23.4 Å². The van der Waals surface area contributed by atoms with E-state index >= 15 is 0 Å². The number of rotatable bonds is 4. The van der Waals surface area contributed by atoms with E-state index in [4.69, 9.17) is 0 Å². The lowest BCUT2D eigenvalue weighted by molar-refractivity contribution is -0.140. The van der Waals surface area contributed by atoms with Crippen LogP contribution < -0.4 is 5.56 Å². The van der Waals surface area contributed by atoms with Crippen LogP contribution in [0.2, 0.25) is 0 Å². The summed E-state index contributed by atoms with van der Waals surface area (Å²) < 4.78 is 0. The van der Waals surface area contributed by atoms with Gasteiger partial charge in [-0.1, -0.05) is 0 Å². The molecular weight excluding hydrogens is 346 g/mol. The molecule has 0 bridgehead atoms. The largest absolute Gasteiger partial charge is 0.348 e. The predicted octanol–water partition coefficient (Wildman–Crippen LogP) is 0.794. The Balaban J connectivity index is 1.42. The molecule has 0 aromatic carbocycles. The van der Waals surface area contributed by atoms with Gasteiger partial charge in [0.1, 0.15) is 0 Å². The molecule has 2 aromatic rings. The van der Waals surface area contributed by atoms with Crippen LogP contribution in [-0.4, -0.2) is 62.2 Å². The number of carbonyl (C=O) groups excluding carboxylic acids is 2. The molecule has 2 saturated heterocycles. The van der Waals surface area contributed by atoms with E-state index in [0.29, 0.717) is 37.5 Å². The molecule has 2 aromatic heterocycles. The quantitative estimate of drug-likeness (QED) is 0.832. The highest BCUT2D eigenvalue weighted by atomic mass is 16.2. The lowest BCUT2D eigenvalue weighted by Gasteiger charge is -2.47. The van der Waals surface area contributed by atoms with Gasteiger partial charge in [0.2, 0.25) is 11.5 Å². The van der Waals surface area contributed by atoms with Gasteiger partial charge in [0.25, 0.3) is 5.91 Å². The van der Waals surface area contributed by atoms with Crippen molar-refractivity contribution >= 4 is 11.8 Å². The number of piperidine rings is 2. The fraction of sp³-hybridized carbons (Fsp3) is 0.474. The van der Waals surface area contributed by atoms with Gasteiger partial charge in [-0.2, -0.15) is 0 Å². The normalized spacial score (nSPS) is 22.6. The maximum Gasteiger partial charge on any atom is 0.255 e. The van der Waals surface area contributed by atoms with E-state index in [2.05, 4.69) is 15.0 Å². The molecule has 4 heterocycles. The molecule has 0 spiro atoms. The second-order valence-corrected chi connectivity index (χ2v) is 7.26. The van der Waals surface area contributed by atoms with Crippen LogP contribution in [0.1, 0.15) is 35.3 Å². The smallest absolute Gasteiger partial charge is 0.255 e. The van der Waals surface area contributed by atoms with Gasteiger partial charge in [0.05, 0.1) is 11.9 Å². The van der Waals surface area contributed by atoms with Gasteiger partial charge in [-0.3, -0.25) is 14.4 Å². The lowest BCUT2D eigenvalue weighted by Crippen LogP contribution is -2.57. The first-order chi connectivity index (χ1) is 13.1. The highest BCUT2D eigenvalue weighted by molar-refractivity contribution is 5.94. The number of pyridine rings is 1. The fourth-order valence-electron chi connectivity index (χ4n) is 4.21. The summed E-state index contributed by atoms with van der Waals surface area (Å²) in [5.41, 5.74) is 1.30. The highest BCUT2D eigenvalue weighted by Crippen LogP contribution is 2.32. The van der Waals surface area contributed by atoms with Crippen molar-refractivity contribution in [2.24, 2.45) is 5.92 Å². The molecule has 2 aliphatic rings. The first kappa shape index (κ1) is 17.5. The summed E-state index contributed by atoms with van der Waals surface area (Å²) >= 11 is 0. The molecule has 0 aliphatic carbocycles. The summed E-state index contributed by atoms with van der Waals surface area (Å²) in [6.45, 7) is 1.94. The van der Waals surface area contributed by atoms with Gasteiger partial charge in [-0.15, -0.1) is 0 Å². The molecule has 2 atom stereocenters. The highest BCUT2D eigenvalue weighted by Gasteiger charge is 2.40. The van der Waals surface area contributed by atoms with Crippen LogP contribution in [0, 0.1) is 5.92 Å². The number of aromatic nitrogens is 3. The van der Waals surface area contributed by atoms with Crippen molar-refractivity contribution < 1.29 is 9.59 Å². The van der Waals surface area contributed by atoms with Gasteiger partial charge in [-0.25, -0.2) is 4.98 Å². The third kappa shape index (κ3) is 3.65. The van der Waals surface area contributed by atoms with E-state index in [0.717, 1.165) is 25.0 Å². The minimum atomic E-state index is -0.219. The zero-order chi connectivity index (χ0) is 18.8. The second-order valence-electron chi connectivity index (χ2n) is 7.26. The monoisotopic (exact) mass is 369 g/mol. The Morgan fingerprint density at radius 2 is 2.11 bits per heavy atom. The third-order valence-corrected chi connectivity index (χ3v) is 5.64. The molecular formula is C19H23N5O3. The number of fused-ring (bicyclic) bond motifs is 1. The van der Waals surface area contributed by atoms with Crippen molar-refractivity contribution in [2.45, 2.75) is 31.7 Å². The van der Waals surface area contributed by atoms with Crippen molar-refractivity contribution in [2.75, 3.05) is 19.6 Å². The van der Waals surface area contributed by atoms with E-state index < -0.39 is 0 Å². The first-order valence-electron chi connectivity index (χ1n) is 9.36. The van der Waals surface area contributed by atoms with Crippen molar-refractivity contribution in [3.8, 4) is 0 Å². The molecule has 8 nitrogen and oxygen atoms in total. The minimum absolute atomic E-state index is 0.0643. The van der Waals surface area contributed by atoms with Crippen LogP contribution in [0.3, 0.4) is 0 Å². The van der Waals surface area contributed by atoms with E-state index in [1.165, 1.54) is 12.3 Å². The molecule has 0 unspecified atom stereocenters. The standard InChI is InChI=1S/C19H23N5O3/c25-17-3-1-13(9-21-17)19(27)23-7-6-16-14(11-23)2-4-18(26)24(16)8-5-15-10-20-12-22-15/h1,3,9-10,12,14,16H,2,4-8,11H2,(H,20,22)(H,21,25)/t14-,16+/m0/s1. The van der Waals surface area contributed by atoms with Crippen molar-refractivity contribution in [1.82, 2.24) is 24.8 Å². The van der Waals surface area contributed by atoms with Crippen LogP contribution in [0.25, 0.3) is 0 Å². The molecule has 2 amide bonds. The van der Waals surface area contributed by atoms with E-state index in [9.17, 15) is 14.4 Å². The van der Waals surface area contributed by atoms with E-state index in [1.54, 1.807) is 18.6 Å². The summed E-state index contributed by atoms with van der Waals surface area (Å²) in [7, 11) is 0. The summed E-state index contributed by atoms with van der Waals surface area (Å²) in [6, 6.07) is 3.12. The Morgan fingerprint density at radius 1 is 1.22 bits per heavy atom. The number of hydrogen-bond donors (Lipinski definition) is 2. The van der Waals surface area contributed by atoms with Crippen LogP contribution in [0.4, 0.5) is 0 Å². The number of aromatic amines is 2. The zero-order valence-corrected chi connectivity index (χ0v) is 15.1. The number of likely N-dealkylation sites (tertiary alicyclic amines) is 2. The maximum absolute atomic E-state index is 12.7. The van der Waals surface area contributed by atoms with Crippen LogP contribution in [0.5, 0.6) is 0 Å². The predicted molar refractivity (Wildman–Crippen MR) is 98.1 cm³/mol. The van der Waals surface area contributed by atoms with Crippen molar-refractivity contribution in [3.05, 3.63) is 52.5 Å². The zero-order valence-electron chi connectivity index (χ0n) is 15.1. The number of nitrogens with one attached hydrogen (secondary N) is 2. The summed E-state index contributed by atoms with van der Waals surface area (Å²) in [5.74, 6) is 0.437. The second kappa shape index (κ2) is 7.38. The van der Waals surface area contributed by atoms with Crippen LogP contribution in [-0.2, 0) is 11.2 Å². The number of carbonyl (C=O) groups is 2. The van der Waals surface area contributed by atoms with Gasteiger partial charge in [-0.05, 0) is 24.8 Å². The summed E-state index contributed by atoms with van der Waals surface area (Å²) in [4.78, 5) is 49.9. The van der Waals surface area contributed by atoms with Gasteiger partial charge in [0, 0.05) is 62.7 Å². The maximum atomic E-state index is 12.7. The molecule has 27 heavy (non-hydrogen) atoms. The summed E-state index contributed by atoms with van der Waals surface area (Å²) in [6.07, 6.45) is 7.81. The van der Waals surface area contributed by atoms with Crippen LogP contribution in [0.15, 0.2) is 35.6 Å². The Kier molecular flexibility index (Phi) is 4.79. The average molecular weight is 369 g/mol. The number of hydrogen-bond acceptors (Lipinski definition) is 4. The average Bonchev–Trinajstić information content (AvgIpc) is 3.20. The first-order valence-corrected chi connectivity index (χ1v) is 9.36. The SMILES string of the molecule is O=C(c1ccc(=O)[nH]c1)N1CC[C@@H]2[C@@H](CCC(=O)N2CCc2cnc[nH]2)C1. The Bertz CT molecular complexity index is 855. The number of H-pyrrole nitrogens is 2. The number of imidazole rings is 1. The van der Waals surface area contributed by atoms with E-state index in [1.807, 2.05) is 9.80 Å². The molecule has 8 heteroatoms. The topological polar surface area (TPSA) is 102 Å². The Morgan fingerprint density at radius 3 is 2.85 bits per heavy atom. The number of nitrogens with zero attached hydrogens (tertiary/aromatic N) is 3. The molecule has 4 rings (SSSR count). The lowest BCUT2D eigenvalue weighted by atomic mass is 9.83. The van der Waals surface area contributed by atoms with Crippen LogP contribution >= 0.6 is 0 Å². The number of amides is 2. The van der Waals surface area contributed by atoms with Crippen molar-refractivity contribution in [3.63, 3.8) is 0 Å². The van der Waals surface area contributed by atoms with Gasteiger partial charge in [0.15, 0.2) is 0 Å². The molecule has 2 aliphatic heterocycles. The summed E-state index contributed by atoms with van der Waals surface area (Å²) in [5, 5.41) is 0. The minimum Gasteiger partial charge on any atom is -0.348 e. The molecule has 2 N–H and O–H groups in total. The molecule has 0 radical (unpaired) electrons.